The maximum absolute atomic E-state index is 14.3. The number of fused-ring (bicyclic) bond motifs is 1. The lowest BCUT2D eigenvalue weighted by atomic mass is 9.92. The van der Waals surface area contributed by atoms with Gasteiger partial charge in [0.15, 0.2) is 0 Å². The summed E-state index contributed by atoms with van der Waals surface area (Å²) in [7, 11) is 0. The highest BCUT2D eigenvalue weighted by atomic mass is 19.1. The molecule has 7 heteroatoms. The number of para-hydroxylation sites is 1. The van der Waals surface area contributed by atoms with Crippen LogP contribution in [0.4, 0.5) is 10.1 Å². The molecule has 1 atom stereocenters. The van der Waals surface area contributed by atoms with Crippen molar-refractivity contribution >= 4 is 17.5 Å². The molecule has 3 aromatic rings. The smallest absolute Gasteiger partial charge is 0.251 e. The fraction of sp³-hybridized carbons (Fsp3) is 0.292. The molecule has 1 aliphatic heterocycles. The average molecular weight is 418 g/mol. The van der Waals surface area contributed by atoms with Crippen molar-refractivity contribution in [1.29, 1.82) is 0 Å². The summed E-state index contributed by atoms with van der Waals surface area (Å²) < 4.78 is 15.9. The molecule has 1 aliphatic carbocycles. The molecule has 158 valence electrons. The van der Waals surface area contributed by atoms with Gasteiger partial charge in [0.05, 0.1) is 12.2 Å². The van der Waals surface area contributed by atoms with Gasteiger partial charge in [-0.15, -0.1) is 0 Å². The number of hydrogen-bond acceptors (Lipinski definition) is 3. The number of benzene rings is 2. The number of nitrogens with one attached hydrogen (secondary N) is 1. The molecule has 1 N–H and O–H groups in total. The molecule has 31 heavy (non-hydrogen) atoms. The summed E-state index contributed by atoms with van der Waals surface area (Å²) in [5, 5.41) is 7.53. The maximum Gasteiger partial charge on any atom is 0.251 e. The molecule has 0 radical (unpaired) electrons. The van der Waals surface area contributed by atoms with Crippen molar-refractivity contribution in [1.82, 2.24) is 15.1 Å². The number of carbonyl (C=O) groups is 2. The molecule has 2 heterocycles. The van der Waals surface area contributed by atoms with Crippen molar-refractivity contribution in [2.75, 3.05) is 11.4 Å². The van der Waals surface area contributed by atoms with Crippen molar-refractivity contribution < 1.29 is 14.0 Å². The Kier molecular flexibility index (Phi) is 5.02. The van der Waals surface area contributed by atoms with E-state index in [0.29, 0.717) is 24.2 Å². The van der Waals surface area contributed by atoms with Crippen LogP contribution in [0.2, 0.25) is 0 Å². The monoisotopic (exact) mass is 418 g/mol. The minimum Gasteiger partial charge on any atom is -0.345 e. The minimum atomic E-state index is -0.326. The van der Waals surface area contributed by atoms with Crippen LogP contribution < -0.4 is 10.2 Å². The number of rotatable bonds is 4. The van der Waals surface area contributed by atoms with E-state index in [9.17, 15) is 14.0 Å². The number of nitrogens with zero attached hydrogens (tertiary/aromatic N) is 3. The van der Waals surface area contributed by atoms with Crippen molar-refractivity contribution in [3.05, 3.63) is 77.4 Å². The molecule has 5 rings (SSSR count). The van der Waals surface area contributed by atoms with Gasteiger partial charge < -0.3 is 10.2 Å². The van der Waals surface area contributed by atoms with Gasteiger partial charge in [-0.3, -0.25) is 9.59 Å². The second kappa shape index (κ2) is 7.98. The van der Waals surface area contributed by atoms with Crippen molar-refractivity contribution in [2.45, 2.75) is 38.1 Å². The topological polar surface area (TPSA) is 67.2 Å². The van der Waals surface area contributed by atoms with E-state index in [-0.39, 0.29) is 23.7 Å². The predicted octanol–water partition coefficient (Wildman–Crippen LogP) is 3.95. The van der Waals surface area contributed by atoms with Gasteiger partial charge in [0.25, 0.3) is 5.91 Å². The molecule has 1 fully saturated rings. The molecule has 2 aromatic carbocycles. The van der Waals surface area contributed by atoms with E-state index in [1.807, 2.05) is 6.07 Å². The zero-order valence-corrected chi connectivity index (χ0v) is 17.1. The zero-order chi connectivity index (χ0) is 21.4. The summed E-state index contributed by atoms with van der Waals surface area (Å²) in [6, 6.07) is 13.6. The van der Waals surface area contributed by atoms with Crippen LogP contribution in [0.15, 0.2) is 54.7 Å². The van der Waals surface area contributed by atoms with Crippen molar-refractivity contribution in [3.63, 3.8) is 0 Å². The predicted molar refractivity (Wildman–Crippen MR) is 115 cm³/mol. The summed E-state index contributed by atoms with van der Waals surface area (Å²) >= 11 is 0. The van der Waals surface area contributed by atoms with Gasteiger partial charge in [-0.2, -0.15) is 5.10 Å². The quantitative estimate of drug-likeness (QED) is 0.698. The molecule has 0 saturated carbocycles. The maximum atomic E-state index is 14.3. The second-order valence-electron chi connectivity index (χ2n) is 8.03. The van der Waals surface area contributed by atoms with Crippen molar-refractivity contribution in [2.24, 2.45) is 0 Å². The first-order chi connectivity index (χ1) is 15.1. The Morgan fingerprint density at radius 2 is 1.97 bits per heavy atom. The summed E-state index contributed by atoms with van der Waals surface area (Å²) in [5.41, 5.74) is 3.54. The average Bonchev–Trinajstić information content (AvgIpc) is 3.41. The van der Waals surface area contributed by atoms with Crippen LogP contribution in [0.1, 0.15) is 53.3 Å². The Labute approximate surface area is 179 Å². The van der Waals surface area contributed by atoms with E-state index in [1.165, 1.54) is 6.07 Å². The first-order valence-electron chi connectivity index (χ1n) is 10.6. The molecular formula is C24H23FN4O2. The molecular weight excluding hydrogens is 395 g/mol. The highest BCUT2D eigenvalue weighted by Crippen LogP contribution is 2.32. The third kappa shape index (κ3) is 3.60. The van der Waals surface area contributed by atoms with E-state index in [0.717, 1.165) is 42.6 Å². The van der Waals surface area contributed by atoms with Gasteiger partial charge in [0.1, 0.15) is 11.5 Å². The van der Waals surface area contributed by atoms with Crippen LogP contribution in [0.5, 0.6) is 0 Å². The van der Waals surface area contributed by atoms with E-state index >= 15 is 0 Å². The first-order valence-corrected chi connectivity index (χ1v) is 10.6. The zero-order valence-electron chi connectivity index (χ0n) is 17.1. The van der Waals surface area contributed by atoms with Gasteiger partial charge in [0.2, 0.25) is 5.91 Å². The van der Waals surface area contributed by atoms with E-state index in [1.54, 1.807) is 52.2 Å². The van der Waals surface area contributed by atoms with Gasteiger partial charge in [-0.05, 0) is 56.0 Å². The molecule has 0 unspecified atom stereocenters. The summed E-state index contributed by atoms with van der Waals surface area (Å²) in [5.74, 6) is -0.423. The molecule has 6 nitrogen and oxygen atoms in total. The molecule has 0 spiro atoms. The SMILES string of the molecule is O=C(N[C@H]1CCCc2c1cnn2-c1ccccc1F)c1cccc(N2CCCC2=O)c1. The Balaban J connectivity index is 1.38. The fourth-order valence-corrected chi connectivity index (χ4v) is 4.52. The van der Waals surface area contributed by atoms with Crippen LogP contribution >= 0.6 is 0 Å². The number of hydrogen-bond donors (Lipinski definition) is 1. The van der Waals surface area contributed by atoms with E-state index in [4.69, 9.17) is 0 Å². The summed E-state index contributed by atoms with van der Waals surface area (Å²) in [4.78, 5) is 26.8. The lowest BCUT2D eigenvalue weighted by molar-refractivity contribution is -0.117. The summed E-state index contributed by atoms with van der Waals surface area (Å²) in [6.45, 7) is 0.686. The van der Waals surface area contributed by atoms with Crippen LogP contribution in [0, 0.1) is 5.82 Å². The van der Waals surface area contributed by atoms with Gasteiger partial charge >= 0.3 is 0 Å². The minimum absolute atomic E-state index is 0.0926. The first kappa shape index (κ1) is 19.5. The third-order valence-corrected chi connectivity index (χ3v) is 6.06. The van der Waals surface area contributed by atoms with Crippen LogP contribution in [0.3, 0.4) is 0 Å². The van der Waals surface area contributed by atoms with E-state index < -0.39 is 0 Å². The lowest BCUT2D eigenvalue weighted by Gasteiger charge is -2.24. The van der Waals surface area contributed by atoms with Gasteiger partial charge in [-0.25, -0.2) is 9.07 Å². The number of halogens is 1. The van der Waals surface area contributed by atoms with Gasteiger partial charge in [0, 0.05) is 35.5 Å². The molecule has 2 amide bonds. The standard InChI is InChI=1S/C24H23FN4O2/c25-19-8-1-2-10-22(19)29-21-11-4-9-20(18(21)15-26-29)27-24(31)16-6-3-7-17(14-16)28-13-5-12-23(28)30/h1-3,6-8,10,14-15,20H,4-5,9,11-13H2,(H,27,31)/t20-/m0/s1. The van der Waals surface area contributed by atoms with Crippen molar-refractivity contribution in [3.8, 4) is 5.69 Å². The molecule has 1 aromatic heterocycles. The number of amides is 2. The second-order valence-corrected chi connectivity index (χ2v) is 8.03. The van der Waals surface area contributed by atoms with Crippen LogP contribution in [-0.4, -0.2) is 28.1 Å². The van der Waals surface area contributed by atoms with Crippen LogP contribution in [-0.2, 0) is 11.2 Å². The number of carbonyl (C=O) groups excluding carboxylic acids is 2. The third-order valence-electron chi connectivity index (χ3n) is 6.06. The largest absolute Gasteiger partial charge is 0.345 e. The van der Waals surface area contributed by atoms with Crippen LogP contribution in [0.25, 0.3) is 5.69 Å². The number of anilines is 1. The Bertz CT molecular complexity index is 1160. The normalized spacial score (nSPS) is 18.2. The summed E-state index contributed by atoms with van der Waals surface area (Å²) in [6.07, 6.45) is 5.57. The Morgan fingerprint density at radius 3 is 2.77 bits per heavy atom. The Morgan fingerprint density at radius 1 is 1.10 bits per heavy atom. The lowest BCUT2D eigenvalue weighted by Crippen LogP contribution is -2.31. The van der Waals surface area contributed by atoms with Gasteiger partial charge in [-0.1, -0.05) is 18.2 Å². The Hall–Kier alpha value is -3.48. The van der Waals surface area contributed by atoms with E-state index in [2.05, 4.69) is 10.4 Å². The highest BCUT2D eigenvalue weighted by Gasteiger charge is 2.27. The highest BCUT2D eigenvalue weighted by molar-refractivity contribution is 5.99. The molecule has 2 aliphatic rings. The molecule has 0 bridgehead atoms. The fourth-order valence-electron chi connectivity index (χ4n) is 4.52. The number of aromatic nitrogens is 2. The molecule has 1 saturated heterocycles.